The molecule has 0 aromatic heterocycles. The van der Waals surface area contributed by atoms with Crippen molar-refractivity contribution in [1.29, 1.82) is 0 Å². The summed E-state index contributed by atoms with van der Waals surface area (Å²) >= 11 is 0. The summed E-state index contributed by atoms with van der Waals surface area (Å²) in [5.41, 5.74) is -4.26. The molecule has 0 aliphatic carbocycles. The molecule has 0 bridgehead atoms. The molecule has 0 unspecified atom stereocenters. The van der Waals surface area contributed by atoms with Gasteiger partial charge in [0.05, 0.1) is 16.7 Å². The van der Waals surface area contributed by atoms with E-state index in [4.69, 9.17) is 0 Å². The first kappa shape index (κ1) is 23.7. The molecule has 13 heteroatoms. The second-order valence-corrected chi connectivity index (χ2v) is 7.60. The van der Waals surface area contributed by atoms with Crippen molar-refractivity contribution < 1.29 is 66.4 Å². The minimum atomic E-state index is -1.39. The van der Waals surface area contributed by atoms with E-state index in [0.29, 0.717) is 0 Å². The van der Waals surface area contributed by atoms with Gasteiger partial charge in [0.1, 0.15) is 5.75 Å². The summed E-state index contributed by atoms with van der Waals surface area (Å²) in [6.45, 7) is 2.86. The van der Waals surface area contributed by atoms with Crippen molar-refractivity contribution in [2.45, 2.75) is 19.8 Å². The lowest BCUT2D eigenvalue weighted by Crippen LogP contribution is -1.99. The third kappa shape index (κ3) is 2.94. The first-order valence-corrected chi connectivity index (χ1v) is 9.35. The first-order chi connectivity index (χ1) is 15.7. The highest BCUT2D eigenvalue weighted by Crippen LogP contribution is 2.64. The summed E-state index contributed by atoms with van der Waals surface area (Å²) in [6.07, 6.45) is 0. The highest BCUT2D eigenvalue weighted by Gasteiger charge is 2.36. The second kappa shape index (κ2) is 7.58. The van der Waals surface area contributed by atoms with Gasteiger partial charge >= 0.3 is 0 Å². The van der Waals surface area contributed by atoms with E-state index in [-0.39, 0.29) is 5.56 Å². The molecule has 0 saturated carbocycles. The van der Waals surface area contributed by atoms with E-state index in [1.807, 2.05) is 0 Å². The van der Waals surface area contributed by atoms with Crippen molar-refractivity contribution >= 4 is 0 Å². The van der Waals surface area contributed by atoms with Crippen LogP contribution >= 0.6 is 0 Å². The molecule has 0 saturated heterocycles. The van der Waals surface area contributed by atoms with Crippen LogP contribution in [0.15, 0.2) is 0 Å². The van der Waals surface area contributed by atoms with Crippen LogP contribution in [0.2, 0.25) is 0 Å². The Morgan fingerprint density at radius 3 is 0.853 bits per heavy atom. The molecule has 0 spiro atoms. The second-order valence-electron chi connectivity index (χ2n) is 7.60. The van der Waals surface area contributed by atoms with E-state index in [1.54, 1.807) is 0 Å². The quantitative estimate of drug-likeness (QED) is 0.190. The molecule has 3 aromatic rings. The molecule has 0 amide bonds. The monoisotopic (exact) mass is 480 g/mol. The van der Waals surface area contributed by atoms with Crippen LogP contribution in [0.25, 0.3) is 22.3 Å². The smallest absolute Gasteiger partial charge is 0.208 e. The molecule has 3 aromatic carbocycles. The fourth-order valence-corrected chi connectivity index (χ4v) is 3.63. The summed E-state index contributed by atoms with van der Waals surface area (Å²) in [5, 5.41) is 132. The molecular formula is C21H20O13. The van der Waals surface area contributed by atoms with Gasteiger partial charge in [-0.25, -0.2) is 0 Å². The Hall–Kier alpha value is -4.94. The maximum Gasteiger partial charge on any atom is 0.208 e. The Morgan fingerprint density at radius 2 is 0.529 bits per heavy atom. The molecule has 0 atom stereocenters. The topological polar surface area (TPSA) is 263 Å². The third-order valence-electron chi connectivity index (χ3n) is 5.28. The lowest BCUT2D eigenvalue weighted by atomic mass is 9.85. The normalized spacial score (nSPS) is 11.3. The number of aromatic hydroxyl groups is 13. The molecule has 0 aliphatic rings. The van der Waals surface area contributed by atoms with E-state index in [2.05, 4.69) is 0 Å². The number of hydrogen-bond donors (Lipinski definition) is 13. The van der Waals surface area contributed by atoms with E-state index in [1.165, 1.54) is 13.8 Å². The molecule has 0 heterocycles. The van der Waals surface area contributed by atoms with Crippen molar-refractivity contribution in [3.8, 4) is 97.0 Å². The third-order valence-corrected chi connectivity index (χ3v) is 5.28. The molecule has 34 heavy (non-hydrogen) atoms. The predicted octanol–water partition coefficient (Wildman–Crippen LogP) is 2.32. The molecule has 0 fully saturated rings. The summed E-state index contributed by atoms with van der Waals surface area (Å²) in [5.74, 6) is -17.7. The van der Waals surface area contributed by atoms with E-state index >= 15 is 0 Å². The lowest BCUT2D eigenvalue weighted by molar-refractivity contribution is 0.329. The van der Waals surface area contributed by atoms with Gasteiger partial charge in [-0.1, -0.05) is 13.8 Å². The van der Waals surface area contributed by atoms with Gasteiger partial charge in [-0.3, -0.25) is 0 Å². The Bertz CT molecular complexity index is 1300. The fourth-order valence-electron chi connectivity index (χ4n) is 3.63. The van der Waals surface area contributed by atoms with Crippen molar-refractivity contribution in [3.63, 3.8) is 0 Å². The minimum absolute atomic E-state index is 0.389. The summed E-state index contributed by atoms with van der Waals surface area (Å²) in [4.78, 5) is 0. The standard InChI is InChI=1S/C21H20O13/c1-3(2)4-5(6-12(25)16(29)20(33)17(30)13(6)26)9(22)7(11(24)10(4)23)8-14(27)18(31)21(34)19(32)15(8)28/h3,22-34H,1-2H3. The Kier molecular flexibility index (Phi) is 5.29. The number of rotatable bonds is 3. The number of benzene rings is 3. The van der Waals surface area contributed by atoms with Gasteiger partial charge in [0.25, 0.3) is 0 Å². The van der Waals surface area contributed by atoms with Crippen LogP contribution < -0.4 is 0 Å². The van der Waals surface area contributed by atoms with Crippen molar-refractivity contribution in [2.24, 2.45) is 0 Å². The zero-order valence-corrected chi connectivity index (χ0v) is 17.4. The average Bonchev–Trinajstić information content (AvgIpc) is 2.78. The van der Waals surface area contributed by atoms with Gasteiger partial charge in [-0.15, -0.1) is 0 Å². The zero-order chi connectivity index (χ0) is 26.0. The molecular weight excluding hydrogens is 460 g/mol. The summed E-state index contributed by atoms with van der Waals surface area (Å²) in [6, 6.07) is 0. The Balaban J connectivity index is 2.66. The van der Waals surface area contributed by atoms with Crippen LogP contribution in [-0.4, -0.2) is 66.4 Å². The van der Waals surface area contributed by atoms with Gasteiger partial charge in [-0.05, 0) is 5.92 Å². The molecule has 182 valence electrons. The average molecular weight is 480 g/mol. The molecule has 3 rings (SSSR count). The highest BCUT2D eigenvalue weighted by molar-refractivity contribution is 6.00. The van der Waals surface area contributed by atoms with Crippen LogP contribution in [0.1, 0.15) is 25.3 Å². The first-order valence-electron chi connectivity index (χ1n) is 9.35. The van der Waals surface area contributed by atoms with Gasteiger partial charge in [0.2, 0.25) is 34.5 Å². The molecule has 0 aliphatic heterocycles. The van der Waals surface area contributed by atoms with Crippen LogP contribution in [-0.2, 0) is 0 Å². The summed E-state index contributed by atoms with van der Waals surface area (Å²) < 4.78 is 0. The number of phenolic OH excluding ortho intramolecular Hbond substituents is 13. The number of hydrogen-bond acceptors (Lipinski definition) is 13. The Labute approximate surface area is 189 Å². The van der Waals surface area contributed by atoms with E-state index < -0.39 is 103 Å². The van der Waals surface area contributed by atoms with Crippen LogP contribution in [0.4, 0.5) is 0 Å². The van der Waals surface area contributed by atoms with Gasteiger partial charge in [-0.2, -0.15) is 0 Å². The molecule has 13 nitrogen and oxygen atoms in total. The lowest BCUT2D eigenvalue weighted by Gasteiger charge is -2.23. The number of phenols is 13. The van der Waals surface area contributed by atoms with Crippen molar-refractivity contribution in [2.75, 3.05) is 0 Å². The van der Waals surface area contributed by atoms with Gasteiger partial charge in [0, 0.05) is 11.1 Å². The SMILES string of the molecule is CC(C)c1c(O)c(O)c(-c2c(O)c(O)c(O)c(O)c2O)c(O)c1-c1c(O)c(O)c(O)c(O)c1O. The highest BCUT2D eigenvalue weighted by atomic mass is 16.4. The van der Waals surface area contributed by atoms with Crippen LogP contribution in [0.3, 0.4) is 0 Å². The van der Waals surface area contributed by atoms with Crippen LogP contribution in [0, 0.1) is 0 Å². The van der Waals surface area contributed by atoms with Crippen molar-refractivity contribution in [3.05, 3.63) is 5.56 Å². The molecule has 13 N–H and O–H groups in total. The van der Waals surface area contributed by atoms with Crippen LogP contribution in [0.5, 0.6) is 74.7 Å². The maximum absolute atomic E-state index is 11.1. The predicted molar refractivity (Wildman–Crippen MR) is 113 cm³/mol. The minimum Gasteiger partial charge on any atom is -0.506 e. The summed E-state index contributed by atoms with van der Waals surface area (Å²) in [7, 11) is 0. The van der Waals surface area contributed by atoms with Gasteiger partial charge < -0.3 is 66.4 Å². The zero-order valence-electron chi connectivity index (χ0n) is 17.4. The van der Waals surface area contributed by atoms with E-state index in [0.717, 1.165) is 0 Å². The largest absolute Gasteiger partial charge is 0.506 e. The Morgan fingerprint density at radius 1 is 0.294 bits per heavy atom. The van der Waals surface area contributed by atoms with E-state index in [9.17, 15) is 66.4 Å². The van der Waals surface area contributed by atoms with Crippen molar-refractivity contribution in [1.82, 2.24) is 0 Å². The fraction of sp³-hybridized carbons (Fsp3) is 0.143. The molecule has 0 radical (unpaired) electrons. The maximum atomic E-state index is 11.1. The van der Waals surface area contributed by atoms with Gasteiger partial charge in [0.15, 0.2) is 34.5 Å².